The Morgan fingerprint density at radius 1 is 1.38 bits per heavy atom. The maximum absolute atomic E-state index is 11.8. The molecular weight excluding hydrogens is 268 g/mol. The lowest BCUT2D eigenvalue weighted by molar-refractivity contribution is -0.129. The molecule has 1 fully saturated rings. The van der Waals surface area contributed by atoms with Gasteiger partial charge in [0.05, 0.1) is 6.04 Å². The molecule has 0 bridgehead atoms. The minimum absolute atomic E-state index is 0.0670. The van der Waals surface area contributed by atoms with Gasteiger partial charge in [0.25, 0.3) is 0 Å². The van der Waals surface area contributed by atoms with Crippen LogP contribution in [0.1, 0.15) is 40.5 Å². The highest BCUT2D eigenvalue weighted by Crippen LogP contribution is 2.13. The van der Waals surface area contributed by atoms with Crippen LogP contribution >= 0.6 is 0 Å². The minimum Gasteiger partial charge on any atom is -0.338 e. The second-order valence-electron chi connectivity index (χ2n) is 5.82. The molecule has 2 N–H and O–H groups in total. The first kappa shape index (κ1) is 17.8. The standard InChI is InChI=1S/C15H30N4O2/c1-5-18(6-2)9-7-8-16-15(21)17-13-10-14(20)19(11-13)12(3)4/h12-13H,5-11H2,1-4H3,(H2,16,17,21). The SMILES string of the molecule is CCN(CC)CCCNC(=O)NC1CC(=O)N(C(C)C)C1. The lowest BCUT2D eigenvalue weighted by Crippen LogP contribution is -2.44. The van der Waals surface area contributed by atoms with Gasteiger partial charge in [-0.3, -0.25) is 4.79 Å². The van der Waals surface area contributed by atoms with Crippen LogP contribution in [0.3, 0.4) is 0 Å². The Kier molecular flexibility index (Phi) is 7.50. The number of hydrogen-bond acceptors (Lipinski definition) is 3. The van der Waals surface area contributed by atoms with Crippen molar-refractivity contribution in [2.45, 2.75) is 52.6 Å². The average Bonchev–Trinajstić information content (AvgIpc) is 2.80. The number of nitrogens with zero attached hydrogens (tertiary/aromatic N) is 2. The number of urea groups is 1. The summed E-state index contributed by atoms with van der Waals surface area (Å²) in [6, 6.07) is -0.0398. The van der Waals surface area contributed by atoms with Crippen LogP contribution in [-0.4, -0.2) is 66.5 Å². The zero-order chi connectivity index (χ0) is 15.8. The van der Waals surface area contributed by atoms with Crippen molar-refractivity contribution >= 4 is 11.9 Å². The second-order valence-corrected chi connectivity index (χ2v) is 5.82. The third kappa shape index (κ3) is 5.91. The van der Waals surface area contributed by atoms with Crippen LogP contribution in [0, 0.1) is 0 Å². The van der Waals surface area contributed by atoms with E-state index in [0.29, 0.717) is 19.5 Å². The number of hydrogen-bond donors (Lipinski definition) is 2. The van der Waals surface area contributed by atoms with Crippen molar-refractivity contribution in [2.24, 2.45) is 0 Å². The molecule has 1 saturated heterocycles. The molecule has 0 aliphatic carbocycles. The van der Waals surface area contributed by atoms with Crippen molar-refractivity contribution in [1.82, 2.24) is 20.4 Å². The van der Waals surface area contributed by atoms with Gasteiger partial charge in [0.2, 0.25) is 5.91 Å². The van der Waals surface area contributed by atoms with Crippen molar-refractivity contribution in [3.63, 3.8) is 0 Å². The molecular formula is C15H30N4O2. The van der Waals surface area contributed by atoms with Crippen molar-refractivity contribution in [3.05, 3.63) is 0 Å². The number of likely N-dealkylation sites (tertiary alicyclic amines) is 1. The third-order valence-corrected chi connectivity index (χ3v) is 3.95. The molecule has 0 spiro atoms. The average molecular weight is 298 g/mol. The lowest BCUT2D eigenvalue weighted by Gasteiger charge is -2.21. The quantitative estimate of drug-likeness (QED) is 0.658. The maximum Gasteiger partial charge on any atom is 0.315 e. The van der Waals surface area contributed by atoms with Crippen molar-refractivity contribution in [3.8, 4) is 0 Å². The topological polar surface area (TPSA) is 64.7 Å². The molecule has 0 saturated carbocycles. The molecule has 1 aliphatic heterocycles. The van der Waals surface area contributed by atoms with E-state index in [1.54, 1.807) is 0 Å². The molecule has 0 aromatic heterocycles. The van der Waals surface area contributed by atoms with Crippen LogP contribution in [0.2, 0.25) is 0 Å². The van der Waals surface area contributed by atoms with E-state index < -0.39 is 0 Å². The monoisotopic (exact) mass is 298 g/mol. The first-order chi connectivity index (χ1) is 9.97. The van der Waals surface area contributed by atoms with E-state index >= 15 is 0 Å². The van der Waals surface area contributed by atoms with Crippen LogP contribution in [0.5, 0.6) is 0 Å². The van der Waals surface area contributed by atoms with Crippen LogP contribution in [0.15, 0.2) is 0 Å². The molecule has 1 rings (SSSR count). The predicted molar refractivity (Wildman–Crippen MR) is 84.2 cm³/mol. The van der Waals surface area contributed by atoms with Crippen LogP contribution in [0.25, 0.3) is 0 Å². The summed E-state index contributed by atoms with van der Waals surface area (Å²) in [6.45, 7) is 12.6. The van der Waals surface area contributed by atoms with Gasteiger partial charge in [0, 0.05) is 25.6 Å². The van der Waals surface area contributed by atoms with Crippen molar-refractivity contribution in [1.29, 1.82) is 0 Å². The van der Waals surface area contributed by atoms with Crippen molar-refractivity contribution in [2.75, 3.05) is 32.7 Å². The van der Waals surface area contributed by atoms with Crippen LogP contribution in [-0.2, 0) is 4.79 Å². The largest absolute Gasteiger partial charge is 0.338 e. The summed E-state index contributed by atoms with van der Waals surface area (Å²) >= 11 is 0. The summed E-state index contributed by atoms with van der Waals surface area (Å²) in [5, 5.41) is 5.75. The molecule has 21 heavy (non-hydrogen) atoms. The first-order valence-corrected chi connectivity index (χ1v) is 8.04. The predicted octanol–water partition coefficient (Wildman–Crippen LogP) is 1.03. The highest BCUT2D eigenvalue weighted by molar-refractivity contribution is 5.81. The number of amides is 3. The third-order valence-electron chi connectivity index (χ3n) is 3.95. The Morgan fingerprint density at radius 3 is 2.57 bits per heavy atom. The summed E-state index contributed by atoms with van der Waals surface area (Å²) in [4.78, 5) is 27.7. The van der Waals surface area contributed by atoms with Gasteiger partial charge in [-0.15, -0.1) is 0 Å². The Bertz CT molecular complexity index is 343. The number of carbonyl (C=O) groups excluding carboxylic acids is 2. The summed E-state index contributed by atoms with van der Waals surface area (Å²) in [5.41, 5.74) is 0. The first-order valence-electron chi connectivity index (χ1n) is 8.04. The molecule has 0 aromatic carbocycles. The molecule has 3 amide bonds. The maximum atomic E-state index is 11.8. The fraction of sp³-hybridized carbons (Fsp3) is 0.867. The normalized spacial score (nSPS) is 18.7. The van der Waals surface area contributed by atoms with Crippen LogP contribution in [0.4, 0.5) is 4.79 Å². The van der Waals surface area contributed by atoms with Gasteiger partial charge in [-0.1, -0.05) is 13.8 Å². The highest BCUT2D eigenvalue weighted by Gasteiger charge is 2.31. The molecule has 0 radical (unpaired) electrons. The summed E-state index contributed by atoms with van der Waals surface area (Å²) < 4.78 is 0. The smallest absolute Gasteiger partial charge is 0.315 e. The molecule has 1 unspecified atom stereocenters. The second kappa shape index (κ2) is 8.87. The Morgan fingerprint density at radius 2 is 2.05 bits per heavy atom. The van der Waals surface area contributed by atoms with E-state index in [0.717, 1.165) is 26.1 Å². The molecule has 1 heterocycles. The van der Waals surface area contributed by atoms with Gasteiger partial charge in [0.1, 0.15) is 0 Å². The Balaban J connectivity index is 2.19. The molecule has 1 aliphatic rings. The number of rotatable bonds is 8. The van der Waals surface area contributed by atoms with Gasteiger partial charge in [-0.25, -0.2) is 4.79 Å². The fourth-order valence-corrected chi connectivity index (χ4v) is 2.61. The minimum atomic E-state index is -0.169. The van der Waals surface area contributed by atoms with E-state index in [9.17, 15) is 9.59 Å². The van der Waals surface area contributed by atoms with Crippen molar-refractivity contribution < 1.29 is 9.59 Å². The molecule has 0 aromatic rings. The summed E-state index contributed by atoms with van der Waals surface area (Å²) in [5.74, 6) is 0.122. The fourth-order valence-electron chi connectivity index (χ4n) is 2.61. The van der Waals surface area contributed by atoms with Gasteiger partial charge < -0.3 is 20.4 Å². The summed E-state index contributed by atoms with van der Waals surface area (Å²) in [6.07, 6.45) is 1.35. The Hall–Kier alpha value is -1.30. The zero-order valence-corrected chi connectivity index (χ0v) is 13.8. The number of nitrogens with one attached hydrogen (secondary N) is 2. The molecule has 6 heteroatoms. The molecule has 122 valence electrons. The van der Waals surface area contributed by atoms with Crippen LogP contribution < -0.4 is 10.6 Å². The Labute approximate surface area is 128 Å². The van der Waals surface area contributed by atoms with Gasteiger partial charge in [-0.05, 0) is 39.9 Å². The number of carbonyl (C=O) groups is 2. The van der Waals surface area contributed by atoms with E-state index in [2.05, 4.69) is 29.4 Å². The van der Waals surface area contributed by atoms with Gasteiger partial charge in [0.15, 0.2) is 0 Å². The summed E-state index contributed by atoms with van der Waals surface area (Å²) in [7, 11) is 0. The van der Waals surface area contributed by atoms with E-state index in [4.69, 9.17) is 0 Å². The van der Waals surface area contributed by atoms with E-state index in [1.807, 2.05) is 18.7 Å². The zero-order valence-electron chi connectivity index (χ0n) is 13.8. The molecule has 6 nitrogen and oxygen atoms in total. The van der Waals surface area contributed by atoms with Gasteiger partial charge in [-0.2, -0.15) is 0 Å². The van der Waals surface area contributed by atoms with Gasteiger partial charge >= 0.3 is 6.03 Å². The lowest BCUT2D eigenvalue weighted by atomic mass is 10.2. The highest BCUT2D eigenvalue weighted by atomic mass is 16.2. The van der Waals surface area contributed by atoms with E-state index in [-0.39, 0.29) is 24.0 Å². The molecule has 1 atom stereocenters. The van der Waals surface area contributed by atoms with E-state index in [1.165, 1.54) is 0 Å².